The average Bonchev–Trinajstić information content (AvgIpc) is 3.25. The molecule has 0 aromatic carbocycles. The van der Waals surface area contributed by atoms with Gasteiger partial charge in [0.25, 0.3) is 0 Å². The van der Waals surface area contributed by atoms with Gasteiger partial charge < -0.3 is 24.6 Å². The largest absolute Gasteiger partial charge is 0.472 e. The van der Waals surface area contributed by atoms with Gasteiger partial charge in [-0.2, -0.15) is 0 Å². The quantitative estimate of drug-likeness (QED) is 0.0237. The number of phosphoric ester groups is 1. The zero-order valence-corrected chi connectivity index (χ0v) is 39.2. The van der Waals surface area contributed by atoms with Crippen LogP contribution in [0.3, 0.4) is 0 Å². The third-order valence-corrected chi connectivity index (χ3v) is 10.5. The third kappa shape index (κ3) is 46.7. The van der Waals surface area contributed by atoms with Crippen LogP contribution in [-0.2, 0) is 27.9 Å². The Labute approximate surface area is 372 Å². The standard InChI is InChI=1S/C51H87O9P/c1-3-5-7-9-11-13-15-17-19-21-23-24-25-27-29-31-33-35-37-39-41-43-51(54)60-50(48-59-61(55,56)58-46-49(53)45-52)47-57-44-42-40-38-36-34-32-30-28-26-22-20-18-16-14-12-10-8-6-4-2/h5,7,11,13-14,16-17,19-20,22-24,27,29,33,35,49-50,52-53H,3-4,6,8-10,12,15,18,21,25-26,28,30-32,34,36-48H2,1-2H3,(H,55,56)/b7-5-,13-11-,16-14-,19-17-,22-20-,24-23-,29-27-,35-33-. The fourth-order valence-electron chi connectivity index (χ4n) is 5.92. The van der Waals surface area contributed by atoms with Crippen molar-refractivity contribution in [1.29, 1.82) is 0 Å². The molecule has 0 aliphatic heterocycles. The van der Waals surface area contributed by atoms with Crippen molar-refractivity contribution >= 4 is 13.8 Å². The molecule has 0 heterocycles. The maximum absolute atomic E-state index is 12.6. The topological polar surface area (TPSA) is 132 Å². The summed E-state index contributed by atoms with van der Waals surface area (Å²) in [5.74, 6) is -0.430. The molecule has 10 heteroatoms. The first-order valence-corrected chi connectivity index (χ1v) is 25.2. The van der Waals surface area contributed by atoms with Gasteiger partial charge in [0.05, 0.1) is 26.4 Å². The van der Waals surface area contributed by atoms with E-state index in [1.54, 1.807) is 0 Å². The Morgan fingerprint density at radius 1 is 0.525 bits per heavy atom. The Hall–Kier alpha value is -2.62. The van der Waals surface area contributed by atoms with Gasteiger partial charge in [-0.3, -0.25) is 13.8 Å². The van der Waals surface area contributed by atoms with Gasteiger partial charge in [0, 0.05) is 13.0 Å². The minimum Gasteiger partial charge on any atom is -0.457 e. The third-order valence-electron chi connectivity index (χ3n) is 9.50. The number of aliphatic hydroxyl groups is 2. The van der Waals surface area contributed by atoms with E-state index in [1.165, 1.54) is 64.2 Å². The molecule has 0 fully saturated rings. The van der Waals surface area contributed by atoms with Gasteiger partial charge in [-0.25, -0.2) is 4.57 Å². The van der Waals surface area contributed by atoms with Crippen molar-refractivity contribution in [1.82, 2.24) is 0 Å². The lowest BCUT2D eigenvalue weighted by atomic mass is 10.1. The summed E-state index contributed by atoms with van der Waals surface area (Å²) >= 11 is 0. The minimum absolute atomic E-state index is 0.0212. The molecule has 0 rings (SSSR count). The number of aliphatic hydroxyl groups excluding tert-OH is 2. The molecule has 0 spiro atoms. The lowest BCUT2D eigenvalue weighted by Crippen LogP contribution is -2.29. The van der Waals surface area contributed by atoms with E-state index in [0.717, 1.165) is 83.5 Å². The van der Waals surface area contributed by atoms with E-state index in [1.807, 2.05) is 0 Å². The maximum atomic E-state index is 12.6. The molecule has 0 radical (unpaired) electrons. The van der Waals surface area contributed by atoms with Crippen LogP contribution in [0.15, 0.2) is 97.2 Å². The highest BCUT2D eigenvalue weighted by Gasteiger charge is 2.26. The van der Waals surface area contributed by atoms with E-state index in [2.05, 4.69) is 111 Å². The lowest BCUT2D eigenvalue weighted by Gasteiger charge is -2.20. The first kappa shape index (κ1) is 58.4. The van der Waals surface area contributed by atoms with Crippen molar-refractivity contribution < 1.29 is 43.0 Å². The molecule has 61 heavy (non-hydrogen) atoms. The summed E-state index contributed by atoms with van der Waals surface area (Å²) in [6, 6.07) is 0. The molecule has 3 N–H and O–H groups in total. The van der Waals surface area contributed by atoms with Crippen LogP contribution in [0.2, 0.25) is 0 Å². The zero-order chi connectivity index (χ0) is 44.6. The zero-order valence-electron chi connectivity index (χ0n) is 38.3. The Morgan fingerprint density at radius 3 is 1.41 bits per heavy atom. The second-order valence-corrected chi connectivity index (χ2v) is 16.8. The van der Waals surface area contributed by atoms with E-state index in [9.17, 15) is 19.4 Å². The average molecular weight is 875 g/mol. The highest BCUT2D eigenvalue weighted by atomic mass is 31.2. The molecule has 9 nitrogen and oxygen atoms in total. The summed E-state index contributed by atoms with van der Waals surface area (Å²) in [5, 5.41) is 18.4. The van der Waals surface area contributed by atoms with Crippen molar-refractivity contribution in [3.05, 3.63) is 97.2 Å². The fourth-order valence-corrected chi connectivity index (χ4v) is 6.71. The molecule has 0 amide bonds. The molecular weight excluding hydrogens is 788 g/mol. The summed E-state index contributed by atoms with van der Waals surface area (Å²) in [6.45, 7) is 3.30. The number of phosphoric acid groups is 1. The highest BCUT2D eigenvalue weighted by Crippen LogP contribution is 2.43. The number of carbonyl (C=O) groups excluding carboxylic acids is 1. The number of ether oxygens (including phenoxy) is 2. The second kappa shape index (κ2) is 46.9. The van der Waals surface area contributed by atoms with Gasteiger partial charge in [0.15, 0.2) is 0 Å². The van der Waals surface area contributed by atoms with Gasteiger partial charge >= 0.3 is 13.8 Å². The molecule has 0 aromatic rings. The van der Waals surface area contributed by atoms with Gasteiger partial charge in [-0.05, 0) is 96.3 Å². The van der Waals surface area contributed by atoms with Crippen molar-refractivity contribution in [2.24, 2.45) is 0 Å². The summed E-state index contributed by atoms with van der Waals surface area (Å²) in [6.07, 6.45) is 59.4. The van der Waals surface area contributed by atoms with E-state index in [0.29, 0.717) is 13.0 Å². The summed E-state index contributed by atoms with van der Waals surface area (Å²) < 4.78 is 33.4. The SMILES string of the molecule is CC/C=C\C/C=C\C/C=C\C/C=C\C/C=C\C/C=C\CCCCC(=O)OC(COCCCCCCCCCC/C=C\C/C=C\CCCCCC)COP(=O)(O)OCC(O)CO. The normalized spacial score (nSPS) is 14.8. The number of esters is 1. The number of rotatable bonds is 44. The van der Waals surface area contributed by atoms with Crippen molar-refractivity contribution in [3.63, 3.8) is 0 Å². The Bertz CT molecular complexity index is 1270. The predicted molar refractivity (Wildman–Crippen MR) is 255 cm³/mol. The van der Waals surface area contributed by atoms with E-state index in [4.69, 9.17) is 23.6 Å². The summed E-state index contributed by atoms with van der Waals surface area (Å²) in [5.41, 5.74) is 0. The van der Waals surface area contributed by atoms with Gasteiger partial charge in [0.2, 0.25) is 0 Å². The molecule has 3 unspecified atom stereocenters. The van der Waals surface area contributed by atoms with Crippen LogP contribution < -0.4 is 0 Å². The van der Waals surface area contributed by atoms with E-state index < -0.39 is 45.8 Å². The first-order chi connectivity index (χ1) is 29.8. The molecular formula is C51H87O9P. The number of unbranched alkanes of at least 4 members (excludes halogenated alkanes) is 14. The van der Waals surface area contributed by atoms with Crippen LogP contribution in [0.1, 0.15) is 174 Å². The van der Waals surface area contributed by atoms with Crippen LogP contribution in [0.5, 0.6) is 0 Å². The molecule has 3 atom stereocenters. The number of carbonyl (C=O) groups is 1. The van der Waals surface area contributed by atoms with Crippen LogP contribution in [0.25, 0.3) is 0 Å². The highest BCUT2D eigenvalue weighted by molar-refractivity contribution is 7.47. The first-order valence-electron chi connectivity index (χ1n) is 23.7. The minimum atomic E-state index is -4.54. The molecule has 0 aliphatic rings. The molecule has 350 valence electrons. The monoisotopic (exact) mass is 875 g/mol. The fraction of sp³-hybridized carbons (Fsp3) is 0.667. The number of allylic oxidation sites excluding steroid dienone is 16. The van der Waals surface area contributed by atoms with Crippen LogP contribution in [0.4, 0.5) is 0 Å². The predicted octanol–water partition coefficient (Wildman–Crippen LogP) is 13.6. The van der Waals surface area contributed by atoms with Crippen LogP contribution in [-0.4, -0.2) is 66.3 Å². The van der Waals surface area contributed by atoms with Crippen LogP contribution in [0, 0.1) is 0 Å². The second-order valence-electron chi connectivity index (χ2n) is 15.4. The number of hydrogen-bond acceptors (Lipinski definition) is 8. The Kier molecular flexibility index (Phi) is 44.9. The Morgan fingerprint density at radius 2 is 0.934 bits per heavy atom. The number of hydrogen-bond donors (Lipinski definition) is 3. The molecule has 0 saturated carbocycles. The molecule has 0 aliphatic carbocycles. The van der Waals surface area contributed by atoms with Crippen molar-refractivity contribution in [2.75, 3.05) is 33.0 Å². The maximum Gasteiger partial charge on any atom is 0.472 e. The molecule has 0 saturated heterocycles. The van der Waals surface area contributed by atoms with E-state index >= 15 is 0 Å². The molecule has 0 bridgehead atoms. The summed E-state index contributed by atoms with van der Waals surface area (Å²) in [7, 11) is -4.54. The van der Waals surface area contributed by atoms with Crippen LogP contribution >= 0.6 is 7.82 Å². The van der Waals surface area contributed by atoms with Gasteiger partial charge in [-0.15, -0.1) is 0 Å². The summed E-state index contributed by atoms with van der Waals surface area (Å²) in [4.78, 5) is 22.6. The van der Waals surface area contributed by atoms with E-state index in [-0.39, 0.29) is 13.0 Å². The molecule has 0 aromatic heterocycles. The smallest absolute Gasteiger partial charge is 0.457 e. The van der Waals surface area contributed by atoms with Gasteiger partial charge in [0.1, 0.15) is 12.2 Å². The van der Waals surface area contributed by atoms with Crippen molar-refractivity contribution in [3.8, 4) is 0 Å². The van der Waals surface area contributed by atoms with Gasteiger partial charge in [-0.1, -0.05) is 169 Å². The van der Waals surface area contributed by atoms with Crippen molar-refractivity contribution in [2.45, 2.75) is 187 Å². The lowest BCUT2D eigenvalue weighted by molar-refractivity contribution is -0.154. The Balaban J connectivity index is 4.26.